The highest BCUT2D eigenvalue weighted by atomic mass is 32.2. The summed E-state index contributed by atoms with van der Waals surface area (Å²) < 4.78 is 26.6. The molecule has 2 aromatic rings. The molecular weight excluding hydrogens is 462 g/mol. The van der Waals surface area contributed by atoms with Crippen LogP contribution >= 0.6 is 0 Å². The minimum absolute atomic E-state index is 0.218. The number of unbranched alkanes of at least 4 members (excludes halogenated alkanes) is 1. The lowest BCUT2D eigenvalue weighted by molar-refractivity contribution is -0.140. The Hall–Kier alpha value is -2.87. The van der Waals surface area contributed by atoms with E-state index in [4.69, 9.17) is 0 Å². The van der Waals surface area contributed by atoms with E-state index < -0.39 is 22.0 Å². The van der Waals surface area contributed by atoms with E-state index in [0.717, 1.165) is 45.7 Å². The topological polar surface area (TPSA) is 86.8 Å². The van der Waals surface area contributed by atoms with Gasteiger partial charge in [-0.25, -0.2) is 8.42 Å². The third-order valence-corrected chi connectivity index (χ3v) is 7.42. The molecule has 0 aromatic heterocycles. The maximum Gasteiger partial charge on any atom is 0.244 e. The summed E-state index contributed by atoms with van der Waals surface area (Å²) in [6.45, 7) is 10.1. The highest BCUT2D eigenvalue weighted by Gasteiger charge is 2.31. The lowest BCUT2D eigenvalue weighted by Crippen LogP contribution is -2.52. The highest BCUT2D eigenvalue weighted by molar-refractivity contribution is 7.92. The Labute approximate surface area is 210 Å². The lowest BCUT2D eigenvalue weighted by atomic mass is 10.1. The van der Waals surface area contributed by atoms with Crippen LogP contribution in [0.5, 0.6) is 0 Å². The second-order valence-corrected chi connectivity index (χ2v) is 11.0. The SMILES string of the molecule is CCCCNC(=O)[C@@H](CC)N(Cc1ccccc1C)C(=O)CN(c1ccc(C)c(C)c1)S(C)(=O)=O. The standard InChI is InChI=1S/C27H39N3O4S/c1-7-9-16-28-27(32)25(8-2)29(18-23-13-11-10-12-21(23)4)26(31)19-30(35(6,33)34)24-15-14-20(3)22(5)17-24/h10-15,17,25H,7-9,16,18-19H2,1-6H3,(H,28,32)/t25-/m1/s1. The van der Waals surface area contributed by atoms with Crippen LogP contribution in [0.4, 0.5) is 5.69 Å². The van der Waals surface area contributed by atoms with Gasteiger partial charge in [-0.2, -0.15) is 0 Å². The molecular formula is C27H39N3O4S. The molecule has 192 valence electrons. The van der Waals surface area contributed by atoms with E-state index >= 15 is 0 Å². The normalized spacial score (nSPS) is 12.2. The summed E-state index contributed by atoms with van der Waals surface area (Å²) in [5.41, 5.74) is 4.31. The van der Waals surface area contributed by atoms with Gasteiger partial charge in [-0.3, -0.25) is 13.9 Å². The van der Waals surface area contributed by atoms with Crippen molar-refractivity contribution >= 4 is 27.5 Å². The maximum absolute atomic E-state index is 13.7. The minimum Gasteiger partial charge on any atom is -0.354 e. The van der Waals surface area contributed by atoms with Gasteiger partial charge in [-0.05, 0) is 68.0 Å². The Bertz CT molecular complexity index is 1130. The van der Waals surface area contributed by atoms with Crippen molar-refractivity contribution < 1.29 is 18.0 Å². The van der Waals surface area contributed by atoms with E-state index in [0.29, 0.717) is 18.7 Å². The largest absolute Gasteiger partial charge is 0.354 e. The first-order valence-electron chi connectivity index (χ1n) is 12.2. The van der Waals surface area contributed by atoms with Crippen LogP contribution in [0.25, 0.3) is 0 Å². The number of rotatable bonds is 12. The van der Waals surface area contributed by atoms with Crippen LogP contribution < -0.4 is 9.62 Å². The van der Waals surface area contributed by atoms with Crippen LogP contribution in [0, 0.1) is 20.8 Å². The third-order valence-electron chi connectivity index (χ3n) is 6.28. The zero-order valence-electron chi connectivity index (χ0n) is 21.8. The molecule has 0 unspecified atom stereocenters. The molecule has 0 spiro atoms. The number of carbonyl (C=O) groups is 2. The van der Waals surface area contributed by atoms with Crippen molar-refractivity contribution in [3.63, 3.8) is 0 Å². The Balaban J connectivity index is 2.43. The molecule has 0 saturated carbocycles. The number of nitrogens with one attached hydrogen (secondary N) is 1. The molecule has 1 N–H and O–H groups in total. The van der Waals surface area contributed by atoms with E-state index in [2.05, 4.69) is 5.32 Å². The molecule has 1 atom stereocenters. The molecule has 0 saturated heterocycles. The minimum atomic E-state index is -3.74. The fraction of sp³-hybridized carbons (Fsp3) is 0.481. The number of sulfonamides is 1. The van der Waals surface area contributed by atoms with Gasteiger partial charge in [0, 0.05) is 13.1 Å². The summed E-state index contributed by atoms with van der Waals surface area (Å²) in [6.07, 6.45) is 3.30. The van der Waals surface area contributed by atoms with Crippen LogP contribution in [0.3, 0.4) is 0 Å². The van der Waals surface area contributed by atoms with Gasteiger partial charge in [0.25, 0.3) is 0 Å². The van der Waals surface area contributed by atoms with E-state index in [9.17, 15) is 18.0 Å². The number of hydrogen-bond donors (Lipinski definition) is 1. The molecule has 0 aliphatic heterocycles. The molecule has 2 rings (SSSR count). The lowest BCUT2D eigenvalue weighted by Gasteiger charge is -2.33. The van der Waals surface area contributed by atoms with Crippen LogP contribution in [-0.4, -0.2) is 50.5 Å². The molecule has 7 nitrogen and oxygen atoms in total. The first-order chi connectivity index (χ1) is 16.5. The van der Waals surface area contributed by atoms with Gasteiger partial charge in [0.05, 0.1) is 11.9 Å². The molecule has 0 radical (unpaired) electrons. The molecule has 0 aliphatic rings. The summed E-state index contributed by atoms with van der Waals surface area (Å²) in [6, 6.07) is 12.3. The average Bonchev–Trinajstić information content (AvgIpc) is 2.79. The number of hydrogen-bond acceptors (Lipinski definition) is 4. The van der Waals surface area contributed by atoms with Gasteiger partial charge in [-0.15, -0.1) is 0 Å². The summed E-state index contributed by atoms with van der Waals surface area (Å²) in [4.78, 5) is 28.3. The number of nitrogens with zero attached hydrogens (tertiary/aromatic N) is 2. The second kappa shape index (κ2) is 12.7. The number of benzene rings is 2. The van der Waals surface area contributed by atoms with Crippen LogP contribution in [0.1, 0.15) is 55.4 Å². The second-order valence-electron chi connectivity index (χ2n) is 9.05. The van der Waals surface area contributed by atoms with Gasteiger partial charge in [0.1, 0.15) is 12.6 Å². The predicted molar refractivity (Wildman–Crippen MR) is 142 cm³/mol. The molecule has 2 aromatic carbocycles. The summed E-state index contributed by atoms with van der Waals surface area (Å²) in [7, 11) is -3.74. The van der Waals surface area contributed by atoms with Crippen molar-refractivity contribution in [2.24, 2.45) is 0 Å². The van der Waals surface area contributed by atoms with E-state index in [1.165, 1.54) is 4.90 Å². The molecule has 0 heterocycles. The van der Waals surface area contributed by atoms with Crippen molar-refractivity contribution in [3.05, 3.63) is 64.7 Å². The fourth-order valence-corrected chi connectivity index (χ4v) is 4.73. The van der Waals surface area contributed by atoms with Crippen molar-refractivity contribution in [2.75, 3.05) is 23.7 Å². The Kier molecular flexibility index (Phi) is 10.3. The van der Waals surface area contributed by atoms with Crippen molar-refractivity contribution in [1.82, 2.24) is 10.2 Å². The Morgan fingerprint density at radius 2 is 1.66 bits per heavy atom. The summed E-state index contributed by atoms with van der Waals surface area (Å²) in [5.74, 6) is -0.644. The van der Waals surface area contributed by atoms with Crippen molar-refractivity contribution in [2.45, 2.75) is 66.5 Å². The number of amides is 2. The zero-order chi connectivity index (χ0) is 26.2. The highest BCUT2D eigenvalue weighted by Crippen LogP contribution is 2.23. The maximum atomic E-state index is 13.7. The van der Waals surface area contributed by atoms with Crippen LogP contribution in [0.15, 0.2) is 42.5 Å². The number of anilines is 1. The van der Waals surface area contributed by atoms with Gasteiger partial charge in [0.2, 0.25) is 21.8 Å². The first-order valence-corrected chi connectivity index (χ1v) is 14.0. The van der Waals surface area contributed by atoms with Crippen molar-refractivity contribution in [1.29, 1.82) is 0 Å². The number of aryl methyl sites for hydroxylation is 3. The Morgan fingerprint density at radius 1 is 0.971 bits per heavy atom. The summed E-state index contributed by atoms with van der Waals surface area (Å²) >= 11 is 0. The van der Waals surface area contributed by atoms with Gasteiger partial charge < -0.3 is 10.2 Å². The van der Waals surface area contributed by atoms with E-state index in [1.54, 1.807) is 12.1 Å². The molecule has 0 aliphatic carbocycles. The summed E-state index contributed by atoms with van der Waals surface area (Å²) in [5, 5.41) is 2.93. The molecule has 35 heavy (non-hydrogen) atoms. The molecule has 8 heteroatoms. The van der Waals surface area contributed by atoms with Crippen LogP contribution in [0.2, 0.25) is 0 Å². The third kappa shape index (κ3) is 7.82. The molecule has 0 fully saturated rings. The fourth-order valence-electron chi connectivity index (χ4n) is 3.89. The number of carbonyl (C=O) groups excluding carboxylic acids is 2. The first kappa shape index (κ1) is 28.4. The van der Waals surface area contributed by atoms with Gasteiger partial charge in [0.15, 0.2) is 0 Å². The molecule has 0 bridgehead atoms. The van der Waals surface area contributed by atoms with Crippen LogP contribution in [-0.2, 0) is 26.2 Å². The van der Waals surface area contributed by atoms with Crippen molar-refractivity contribution in [3.8, 4) is 0 Å². The predicted octanol–water partition coefficient (Wildman–Crippen LogP) is 4.10. The molecule has 2 amide bonds. The average molecular weight is 502 g/mol. The Morgan fingerprint density at radius 3 is 2.23 bits per heavy atom. The van der Waals surface area contributed by atoms with E-state index in [-0.39, 0.29) is 19.0 Å². The zero-order valence-corrected chi connectivity index (χ0v) is 22.6. The van der Waals surface area contributed by atoms with E-state index in [1.807, 2.05) is 65.0 Å². The quantitative estimate of drug-likeness (QED) is 0.444. The monoisotopic (exact) mass is 501 g/mol. The smallest absolute Gasteiger partial charge is 0.244 e. The van der Waals surface area contributed by atoms with Gasteiger partial charge in [-0.1, -0.05) is 50.6 Å². The van der Waals surface area contributed by atoms with Gasteiger partial charge >= 0.3 is 0 Å².